The topological polar surface area (TPSA) is 46.3 Å². The third-order valence-corrected chi connectivity index (χ3v) is 4.14. The maximum Gasteiger partial charge on any atom is 0.405 e. The molecule has 0 bridgehead atoms. The number of nitrogens with zero attached hydrogens (tertiary/aromatic N) is 5. The molecule has 0 amide bonds. The third kappa shape index (κ3) is 4.39. The normalized spacial score (nSPS) is 12.2. The summed E-state index contributed by atoms with van der Waals surface area (Å²) in [6.07, 6.45) is -3.63. The monoisotopic (exact) mass is 437 g/mol. The van der Waals surface area contributed by atoms with E-state index in [-0.39, 0.29) is 24.1 Å². The van der Waals surface area contributed by atoms with E-state index >= 15 is 0 Å². The number of anilines is 1. The van der Waals surface area contributed by atoms with Crippen molar-refractivity contribution in [2.45, 2.75) is 20.0 Å². The number of benzene rings is 1. The van der Waals surface area contributed by atoms with Gasteiger partial charge in [-0.05, 0) is 5.92 Å². The van der Waals surface area contributed by atoms with Gasteiger partial charge in [0, 0.05) is 18.7 Å². The van der Waals surface area contributed by atoms with E-state index < -0.39 is 46.5 Å². The minimum Gasteiger partial charge on any atom is -0.346 e. The molecule has 0 radical (unpaired) electrons. The van der Waals surface area contributed by atoms with E-state index in [0.29, 0.717) is 12.1 Å². The van der Waals surface area contributed by atoms with E-state index in [1.54, 1.807) is 13.8 Å². The lowest BCUT2D eigenvalue weighted by molar-refractivity contribution is -0.120. The second-order valence-electron chi connectivity index (χ2n) is 6.71. The Kier molecular flexibility index (Phi) is 5.61. The van der Waals surface area contributed by atoms with E-state index in [0.717, 1.165) is 15.7 Å². The molecule has 0 unspecified atom stereocenters. The molecule has 0 aliphatic rings. The van der Waals surface area contributed by atoms with Gasteiger partial charge in [0.15, 0.2) is 0 Å². The highest BCUT2D eigenvalue weighted by molar-refractivity contribution is 6.33. The van der Waals surface area contributed by atoms with Crippen LogP contribution in [0.15, 0.2) is 18.5 Å². The van der Waals surface area contributed by atoms with Gasteiger partial charge >= 0.3 is 6.18 Å². The summed E-state index contributed by atoms with van der Waals surface area (Å²) in [4.78, 5) is 8.49. The van der Waals surface area contributed by atoms with Crippen LogP contribution >= 0.6 is 11.6 Å². The Morgan fingerprint density at radius 1 is 1.10 bits per heavy atom. The summed E-state index contributed by atoms with van der Waals surface area (Å²) in [5, 5.41) is 3.34. The maximum atomic E-state index is 14.5. The smallest absolute Gasteiger partial charge is 0.346 e. The Bertz CT molecular complexity index is 1030. The number of aromatic nitrogens is 4. The Hall–Kier alpha value is -2.56. The van der Waals surface area contributed by atoms with Crippen LogP contribution in [0.5, 0.6) is 0 Å². The van der Waals surface area contributed by atoms with Gasteiger partial charge in [0.2, 0.25) is 0 Å². The molecule has 0 aliphatic carbocycles. The van der Waals surface area contributed by atoms with Gasteiger partial charge in [0.1, 0.15) is 41.3 Å². The number of hydrogen-bond donors (Lipinski definition) is 0. The average molecular weight is 438 g/mol. The van der Waals surface area contributed by atoms with Crippen molar-refractivity contribution in [3.63, 3.8) is 0 Å². The Labute approximate surface area is 165 Å². The average Bonchev–Trinajstić information content (AvgIpc) is 2.99. The summed E-state index contributed by atoms with van der Waals surface area (Å²) in [5.74, 6) is -4.66. The molecule has 0 aliphatic heterocycles. The van der Waals surface area contributed by atoms with E-state index in [9.17, 15) is 26.3 Å². The fourth-order valence-corrected chi connectivity index (χ4v) is 3.23. The number of alkyl halides is 3. The van der Waals surface area contributed by atoms with Crippen LogP contribution in [-0.2, 0) is 0 Å². The second kappa shape index (κ2) is 7.69. The van der Waals surface area contributed by atoms with Crippen molar-refractivity contribution in [1.29, 1.82) is 0 Å². The number of rotatable bonds is 5. The van der Waals surface area contributed by atoms with Gasteiger partial charge in [-0.1, -0.05) is 25.4 Å². The summed E-state index contributed by atoms with van der Waals surface area (Å²) in [7, 11) is 0. The van der Waals surface area contributed by atoms with Crippen LogP contribution in [0.25, 0.3) is 16.9 Å². The van der Waals surface area contributed by atoms with Gasteiger partial charge in [-0.25, -0.2) is 13.2 Å². The van der Waals surface area contributed by atoms with Crippen molar-refractivity contribution in [3.8, 4) is 11.1 Å². The molecular formula is C17H14ClF6N5. The summed E-state index contributed by atoms with van der Waals surface area (Å²) in [6.45, 7) is 1.75. The maximum absolute atomic E-state index is 14.5. The second-order valence-corrected chi connectivity index (χ2v) is 7.07. The molecule has 0 saturated carbocycles. The van der Waals surface area contributed by atoms with Gasteiger partial charge in [-0.15, -0.1) is 0 Å². The molecular weight excluding hydrogens is 424 g/mol. The number of hydrogen-bond acceptors (Lipinski definition) is 4. The van der Waals surface area contributed by atoms with Crippen LogP contribution in [0.3, 0.4) is 0 Å². The molecule has 0 N–H and O–H groups in total. The van der Waals surface area contributed by atoms with Crippen molar-refractivity contribution in [1.82, 2.24) is 19.6 Å². The first-order chi connectivity index (χ1) is 13.5. The van der Waals surface area contributed by atoms with Gasteiger partial charge in [0.25, 0.3) is 5.78 Å². The molecule has 1 aromatic carbocycles. The first-order valence-corrected chi connectivity index (χ1v) is 8.71. The predicted molar refractivity (Wildman–Crippen MR) is 94.2 cm³/mol. The molecule has 2 heterocycles. The summed E-state index contributed by atoms with van der Waals surface area (Å²) < 4.78 is 83.1. The van der Waals surface area contributed by atoms with E-state index in [1.807, 2.05) is 0 Å². The van der Waals surface area contributed by atoms with Gasteiger partial charge < -0.3 is 4.90 Å². The van der Waals surface area contributed by atoms with Crippen molar-refractivity contribution >= 4 is 23.2 Å². The SMILES string of the molecule is CC(C)CN(CC(F)(F)F)c1c(-c2c(F)cc(F)cc2F)c(Cl)nc2ncnn12. The summed E-state index contributed by atoms with van der Waals surface area (Å²) >= 11 is 6.11. The molecule has 12 heteroatoms. The molecule has 0 spiro atoms. The van der Waals surface area contributed by atoms with Crippen LogP contribution in [0.2, 0.25) is 5.15 Å². The summed E-state index contributed by atoms with van der Waals surface area (Å²) in [6, 6.07) is 0.807. The van der Waals surface area contributed by atoms with Crippen LogP contribution in [-0.4, -0.2) is 38.8 Å². The molecule has 5 nitrogen and oxygen atoms in total. The zero-order valence-electron chi connectivity index (χ0n) is 15.1. The quantitative estimate of drug-likeness (QED) is 0.421. The molecule has 156 valence electrons. The van der Waals surface area contributed by atoms with Crippen LogP contribution in [0.4, 0.5) is 32.2 Å². The molecule has 0 saturated heterocycles. The van der Waals surface area contributed by atoms with Crippen LogP contribution < -0.4 is 4.90 Å². The predicted octanol–water partition coefficient (Wildman–Crippen LogP) is 4.89. The lowest BCUT2D eigenvalue weighted by Gasteiger charge is -2.30. The Balaban J connectivity index is 2.38. The zero-order valence-corrected chi connectivity index (χ0v) is 15.9. The summed E-state index contributed by atoms with van der Waals surface area (Å²) in [5.41, 5.74) is -1.29. The van der Waals surface area contributed by atoms with Gasteiger partial charge in [0.05, 0.1) is 11.1 Å². The van der Waals surface area contributed by atoms with Gasteiger partial charge in [-0.2, -0.15) is 32.8 Å². The largest absolute Gasteiger partial charge is 0.405 e. The van der Waals surface area contributed by atoms with Crippen molar-refractivity contribution < 1.29 is 26.3 Å². The van der Waals surface area contributed by atoms with Gasteiger partial charge in [-0.3, -0.25) is 0 Å². The Morgan fingerprint density at radius 2 is 1.72 bits per heavy atom. The third-order valence-electron chi connectivity index (χ3n) is 3.87. The molecule has 29 heavy (non-hydrogen) atoms. The molecule has 2 aromatic heterocycles. The fraction of sp³-hybridized carbons (Fsp3) is 0.353. The first kappa shape index (κ1) is 21.2. The highest BCUT2D eigenvalue weighted by Crippen LogP contribution is 2.40. The van der Waals surface area contributed by atoms with E-state index in [2.05, 4.69) is 15.1 Å². The fourth-order valence-electron chi connectivity index (χ4n) is 2.97. The first-order valence-electron chi connectivity index (χ1n) is 8.33. The molecule has 0 fully saturated rings. The highest BCUT2D eigenvalue weighted by atomic mass is 35.5. The molecule has 3 aromatic rings. The van der Waals surface area contributed by atoms with Crippen molar-refractivity contribution in [2.24, 2.45) is 5.92 Å². The number of fused-ring (bicyclic) bond motifs is 1. The number of halogens is 7. The van der Waals surface area contributed by atoms with Crippen molar-refractivity contribution in [3.05, 3.63) is 41.1 Å². The van der Waals surface area contributed by atoms with Crippen molar-refractivity contribution in [2.75, 3.05) is 18.0 Å². The van der Waals surface area contributed by atoms with Crippen LogP contribution in [0.1, 0.15) is 13.8 Å². The minimum atomic E-state index is -4.64. The standard InChI is InChI=1S/C17H14ClF6N5/c1-8(2)5-28(6-17(22,23)24)15-13(12-10(20)3-9(19)4-11(12)21)14(18)27-16-25-7-26-29(15)16/h3-4,7-8H,5-6H2,1-2H3. The Morgan fingerprint density at radius 3 is 2.28 bits per heavy atom. The zero-order chi connectivity index (χ0) is 21.5. The lowest BCUT2D eigenvalue weighted by atomic mass is 10.0. The minimum absolute atomic E-state index is 0.147. The van der Waals surface area contributed by atoms with Crippen LogP contribution in [0, 0.1) is 23.4 Å². The van der Waals surface area contributed by atoms with E-state index in [4.69, 9.17) is 11.6 Å². The molecule has 0 atom stereocenters. The molecule has 3 rings (SSSR count). The highest BCUT2D eigenvalue weighted by Gasteiger charge is 2.35. The lowest BCUT2D eigenvalue weighted by Crippen LogP contribution is -2.38. The van der Waals surface area contributed by atoms with E-state index in [1.165, 1.54) is 0 Å².